The average Bonchev–Trinajstić information content (AvgIpc) is 2.82. The molecule has 0 aromatic rings. The lowest BCUT2D eigenvalue weighted by Crippen LogP contribution is -2.45. The summed E-state index contributed by atoms with van der Waals surface area (Å²) in [5, 5.41) is 3.83. The summed E-state index contributed by atoms with van der Waals surface area (Å²) in [7, 11) is 0. The van der Waals surface area contributed by atoms with Gasteiger partial charge in [0, 0.05) is 18.6 Å². The smallest absolute Gasteiger partial charge is 0.0169 e. The molecule has 2 atom stereocenters. The van der Waals surface area contributed by atoms with Crippen molar-refractivity contribution >= 4 is 0 Å². The van der Waals surface area contributed by atoms with Gasteiger partial charge in [-0.25, -0.2) is 0 Å². The highest BCUT2D eigenvalue weighted by molar-refractivity contribution is 4.80. The SMILES string of the molecule is CC(CN1CCCC1)NC(C)C1CCCCC1. The third-order valence-corrected chi connectivity index (χ3v) is 4.64. The van der Waals surface area contributed by atoms with Gasteiger partial charge in [-0.2, -0.15) is 0 Å². The lowest BCUT2D eigenvalue weighted by atomic mass is 9.84. The van der Waals surface area contributed by atoms with Crippen molar-refractivity contribution in [2.75, 3.05) is 19.6 Å². The van der Waals surface area contributed by atoms with Crippen LogP contribution >= 0.6 is 0 Å². The highest BCUT2D eigenvalue weighted by Crippen LogP contribution is 2.26. The van der Waals surface area contributed by atoms with E-state index >= 15 is 0 Å². The van der Waals surface area contributed by atoms with Crippen LogP contribution in [-0.4, -0.2) is 36.6 Å². The molecule has 1 saturated heterocycles. The van der Waals surface area contributed by atoms with Crippen LogP contribution in [0.3, 0.4) is 0 Å². The van der Waals surface area contributed by atoms with E-state index in [9.17, 15) is 0 Å². The fraction of sp³-hybridized carbons (Fsp3) is 1.00. The van der Waals surface area contributed by atoms with E-state index in [-0.39, 0.29) is 0 Å². The van der Waals surface area contributed by atoms with Crippen LogP contribution in [0.15, 0.2) is 0 Å². The molecule has 1 N–H and O–H groups in total. The second-order valence-corrected chi connectivity index (χ2v) is 6.26. The van der Waals surface area contributed by atoms with E-state index in [1.54, 1.807) is 0 Å². The fourth-order valence-corrected chi connectivity index (χ4v) is 3.62. The van der Waals surface area contributed by atoms with Crippen molar-refractivity contribution in [1.82, 2.24) is 10.2 Å². The van der Waals surface area contributed by atoms with Gasteiger partial charge in [-0.3, -0.25) is 0 Å². The molecule has 0 bridgehead atoms. The Balaban J connectivity index is 1.67. The van der Waals surface area contributed by atoms with Gasteiger partial charge in [0.1, 0.15) is 0 Å². The number of nitrogens with one attached hydrogen (secondary N) is 1. The molecule has 1 aliphatic carbocycles. The monoisotopic (exact) mass is 238 g/mol. The van der Waals surface area contributed by atoms with Gasteiger partial charge < -0.3 is 10.2 Å². The molecule has 2 nitrogen and oxygen atoms in total. The summed E-state index contributed by atoms with van der Waals surface area (Å²) in [5.74, 6) is 0.935. The molecule has 2 rings (SSSR count). The van der Waals surface area contributed by atoms with Crippen molar-refractivity contribution < 1.29 is 0 Å². The maximum atomic E-state index is 3.83. The summed E-state index contributed by atoms with van der Waals surface area (Å²) in [6.45, 7) is 8.65. The molecule has 0 spiro atoms. The lowest BCUT2D eigenvalue weighted by molar-refractivity contribution is 0.237. The van der Waals surface area contributed by atoms with Gasteiger partial charge in [0.25, 0.3) is 0 Å². The summed E-state index contributed by atoms with van der Waals surface area (Å²) in [6.07, 6.45) is 10.1. The van der Waals surface area contributed by atoms with E-state index < -0.39 is 0 Å². The molecule has 0 aromatic carbocycles. The summed E-state index contributed by atoms with van der Waals surface area (Å²) < 4.78 is 0. The minimum absolute atomic E-state index is 0.657. The Kier molecular flexibility index (Phi) is 5.30. The zero-order valence-corrected chi connectivity index (χ0v) is 11.8. The molecule has 100 valence electrons. The third-order valence-electron chi connectivity index (χ3n) is 4.64. The van der Waals surface area contributed by atoms with E-state index in [0.717, 1.165) is 5.92 Å². The van der Waals surface area contributed by atoms with Gasteiger partial charge in [-0.1, -0.05) is 19.3 Å². The van der Waals surface area contributed by atoms with Crippen molar-refractivity contribution in [3.63, 3.8) is 0 Å². The van der Waals surface area contributed by atoms with Gasteiger partial charge in [0.15, 0.2) is 0 Å². The Morgan fingerprint density at radius 1 is 1.00 bits per heavy atom. The van der Waals surface area contributed by atoms with E-state index in [0.29, 0.717) is 12.1 Å². The lowest BCUT2D eigenvalue weighted by Gasteiger charge is -2.32. The molecular weight excluding hydrogens is 208 g/mol. The minimum atomic E-state index is 0.657. The summed E-state index contributed by atoms with van der Waals surface area (Å²) in [5.41, 5.74) is 0. The Morgan fingerprint density at radius 2 is 1.65 bits per heavy atom. The van der Waals surface area contributed by atoms with Gasteiger partial charge in [-0.05, 0) is 58.5 Å². The van der Waals surface area contributed by atoms with Crippen LogP contribution in [0.1, 0.15) is 58.8 Å². The second kappa shape index (κ2) is 6.75. The Labute approximate surface area is 107 Å². The van der Waals surface area contributed by atoms with Crippen molar-refractivity contribution in [3.05, 3.63) is 0 Å². The first-order valence-electron chi connectivity index (χ1n) is 7.74. The number of likely N-dealkylation sites (tertiary alicyclic amines) is 1. The zero-order valence-electron chi connectivity index (χ0n) is 11.8. The Hall–Kier alpha value is -0.0800. The van der Waals surface area contributed by atoms with Crippen LogP contribution in [0.5, 0.6) is 0 Å². The average molecular weight is 238 g/mol. The molecule has 17 heavy (non-hydrogen) atoms. The van der Waals surface area contributed by atoms with Crippen LogP contribution in [0, 0.1) is 5.92 Å². The molecule has 0 aromatic heterocycles. The quantitative estimate of drug-likeness (QED) is 0.792. The Bertz CT molecular complexity index is 205. The first-order valence-corrected chi connectivity index (χ1v) is 7.74. The second-order valence-electron chi connectivity index (χ2n) is 6.26. The number of nitrogens with zero attached hydrogens (tertiary/aromatic N) is 1. The van der Waals surface area contributed by atoms with Crippen molar-refractivity contribution in [2.45, 2.75) is 70.9 Å². The van der Waals surface area contributed by atoms with Crippen LogP contribution in [0.25, 0.3) is 0 Å². The highest BCUT2D eigenvalue weighted by atomic mass is 15.2. The molecule has 1 saturated carbocycles. The highest BCUT2D eigenvalue weighted by Gasteiger charge is 2.22. The van der Waals surface area contributed by atoms with E-state index in [2.05, 4.69) is 24.1 Å². The maximum absolute atomic E-state index is 3.83. The third kappa shape index (κ3) is 4.26. The van der Waals surface area contributed by atoms with Crippen molar-refractivity contribution in [2.24, 2.45) is 5.92 Å². The number of rotatable bonds is 5. The zero-order chi connectivity index (χ0) is 12.1. The summed E-state index contributed by atoms with van der Waals surface area (Å²) in [4.78, 5) is 2.62. The van der Waals surface area contributed by atoms with E-state index in [1.165, 1.54) is 64.6 Å². The van der Waals surface area contributed by atoms with Crippen molar-refractivity contribution in [3.8, 4) is 0 Å². The fourth-order valence-electron chi connectivity index (χ4n) is 3.62. The van der Waals surface area contributed by atoms with Gasteiger partial charge in [0.2, 0.25) is 0 Å². The van der Waals surface area contributed by atoms with Crippen LogP contribution in [0.4, 0.5) is 0 Å². The van der Waals surface area contributed by atoms with Gasteiger partial charge in [-0.15, -0.1) is 0 Å². The summed E-state index contributed by atoms with van der Waals surface area (Å²) in [6, 6.07) is 1.37. The maximum Gasteiger partial charge on any atom is 0.0169 e. The number of hydrogen-bond donors (Lipinski definition) is 1. The molecule has 2 heteroatoms. The standard InChI is InChI=1S/C15H30N2/c1-13(12-17-10-6-7-11-17)16-14(2)15-8-4-3-5-9-15/h13-16H,3-12H2,1-2H3. The van der Waals surface area contributed by atoms with E-state index in [1.807, 2.05) is 0 Å². The Morgan fingerprint density at radius 3 is 2.29 bits per heavy atom. The molecule has 0 amide bonds. The van der Waals surface area contributed by atoms with Crippen LogP contribution < -0.4 is 5.32 Å². The van der Waals surface area contributed by atoms with Gasteiger partial charge >= 0.3 is 0 Å². The number of hydrogen-bond acceptors (Lipinski definition) is 2. The van der Waals surface area contributed by atoms with Gasteiger partial charge in [0.05, 0.1) is 0 Å². The predicted octanol–water partition coefficient (Wildman–Crippen LogP) is 3.03. The van der Waals surface area contributed by atoms with Crippen LogP contribution in [0.2, 0.25) is 0 Å². The molecule has 2 fully saturated rings. The molecular formula is C15H30N2. The molecule has 2 unspecified atom stereocenters. The predicted molar refractivity (Wildman–Crippen MR) is 74.3 cm³/mol. The molecule has 1 heterocycles. The van der Waals surface area contributed by atoms with E-state index in [4.69, 9.17) is 0 Å². The van der Waals surface area contributed by atoms with Crippen molar-refractivity contribution in [1.29, 1.82) is 0 Å². The topological polar surface area (TPSA) is 15.3 Å². The van der Waals surface area contributed by atoms with Crippen LogP contribution in [-0.2, 0) is 0 Å². The first kappa shape index (κ1) is 13.4. The first-order chi connectivity index (χ1) is 8.25. The largest absolute Gasteiger partial charge is 0.310 e. The minimum Gasteiger partial charge on any atom is -0.310 e. The summed E-state index contributed by atoms with van der Waals surface area (Å²) >= 11 is 0. The normalized spacial score (nSPS) is 27.2. The molecule has 1 aliphatic heterocycles. The molecule has 0 radical (unpaired) electrons. The molecule has 2 aliphatic rings.